The van der Waals surface area contributed by atoms with Gasteiger partial charge in [0, 0.05) is 12.1 Å². The normalized spacial score (nSPS) is 15.6. The Morgan fingerprint density at radius 3 is 2.42 bits per heavy atom. The number of carbonyl (C=O) groups is 1. The van der Waals surface area contributed by atoms with Gasteiger partial charge in [0.05, 0.1) is 15.5 Å². The number of nitrogens with zero attached hydrogens (tertiary/aromatic N) is 2. The van der Waals surface area contributed by atoms with Gasteiger partial charge in [0.1, 0.15) is 0 Å². The summed E-state index contributed by atoms with van der Waals surface area (Å²) in [7, 11) is 0. The third-order valence-electron chi connectivity index (χ3n) is 3.80. The van der Waals surface area contributed by atoms with Crippen molar-refractivity contribution in [1.29, 1.82) is 0 Å². The van der Waals surface area contributed by atoms with Crippen molar-refractivity contribution in [3.05, 3.63) is 74.7 Å². The molecule has 132 valence electrons. The molecule has 1 fully saturated rings. The van der Waals surface area contributed by atoms with Crippen LogP contribution in [0.15, 0.2) is 53.4 Å². The van der Waals surface area contributed by atoms with Crippen molar-refractivity contribution >= 4 is 51.7 Å². The molecule has 2 aromatic rings. The van der Waals surface area contributed by atoms with Crippen LogP contribution in [0.5, 0.6) is 0 Å². The number of carbonyl (C=O) groups excluding carboxylic acids is 1. The lowest BCUT2D eigenvalue weighted by molar-refractivity contribution is -0.384. The number of benzene rings is 2. The first kappa shape index (κ1) is 18.1. The second-order valence-electron chi connectivity index (χ2n) is 5.53. The van der Waals surface area contributed by atoms with Crippen molar-refractivity contribution in [2.45, 2.75) is 13.3 Å². The van der Waals surface area contributed by atoms with Gasteiger partial charge in [0.15, 0.2) is 4.32 Å². The maximum absolute atomic E-state index is 12.6. The van der Waals surface area contributed by atoms with Gasteiger partial charge in [-0.2, -0.15) is 0 Å². The zero-order valence-electron chi connectivity index (χ0n) is 13.8. The van der Waals surface area contributed by atoms with Crippen LogP contribution in [0.25, 0.3) is 6.08 Å². The van der Waals surface area contributed by atoms with E-state index >= 15 is 0 Å². The number of non-ortho nitro benzene ring substituents is 1. The number of hydrogen-bond acceptors (Lipinski definition) is 6. The molecule has 0 atom stereocenters. The monoisotopic (exact) mass is 385 g/mol. The average molecular weight is 385 g/mol. The Labute approximate surface area is 160 Å². The zero-order chi connectivity index (χ0) is 18.7. The third kappa shape index (κ3) is 3.92. The fourth-order valence-corrected chi connectivity index (χ4v) is 3.53. The van der Waals surface area contributed by atoms with E-state index in [1.54, 1.807) is 6.08 Å². The number of amides is 1. The summed E-state index contributed by atoms with van der Waals surface area (Å²) in [5.41, 5.74) is 5.58. The quantitative estimate of drug-likeness (QED) is 0.356. The molecule has 3 rings (SSSR count). The highest BCUT2D eigenvalue weighted by molar-refractivity contribution is 8.26. The van der Waals surface area contributed by atoms with E-state index in [1.165, 1.54) is 46.6 Å². The summed E-state index contributed by atoms with van der Waals surface area (Å²) >= 11 is 6.49. The number of hydrazine groups is 1. The Hall–Kier alpha value is -2.71. The highest BCUT2D eigenvalue weighted by Gasteiger charge is 2.32. The largest absolute Gasteiger partial charge is 0.290 e. The van der Waals surface area contributed by atoms with Gasteiger partial charge in [-0.15, -0.1) is 0 Å². The standard InChI is InChI=1S/C18H15N3O3S2/c1-2-12-3-5-13(6-4-12)11-16-17(22)20(18(25)26-16)19-14-7-9-15(10-8-14)21(23)24/h3-11,19H,2H2,1H3/b16-11+. The van der Waals surface area contributed by atoms with E-state index in [-0.39, 0.29) is 11.6 Å². The van der Waals surface area contributed by atoms with Crippen molar-refractivity contribution in [1.82, 2.24) is 5.01 Å². The number of nitro benzene ring substituents is 1. The van der Waals surface area contributed by atoms with E-state index in [9.17, 15) is 14.9 Å². The molecule has 0 saturated carbocycles. The van der Waals surface area contributed by atoms with Gasteiger partial charge in [-0.25, -0.2) is 5.01 Å². The molecule has 0 aromatic heterocycles. The zero-order valence-corrected chi connectivity index (χ0v) is 15.5. The van der Waals surface area contributed by atoms with Crippen LogP contribution in [0.3, 0.4) is 0 Å². The summed E-state index contributed by atoms with van der Waals surface area (Å²) in [6.07, 6.45) is 2.76. The van der Waals surface area contributed by atoms with Crippen LogP contribution in [0.1, 0.15) is 18.1 Å². The van der Waals surface area contributed by atoms with E-state index < -0.39 is 4.92 Å². The molecule has 6 nitrogen and oxygen atoms in total. The Balaban J connectivity index is 1.75. The molecule has 1 saturated heterocycles. The fraction of sp³-hybridized carbons (Fsp3) is 0.111. The lowest BCUT2D eigenvalue weighted by atomic mass is 10.1. The van der Waals surface area contributed by atoms with Crippen LogP contribution in [0, 0.1) is 10.1 Å². The molecule has 0 spiro atoms. The van der Waals surface area contributed by atoms with Crippen LogP contribution >= 0.6 is 24.0 Å². The van der Waals surface area contributed by atoms with Crippen LogP contribution in [-0.4, -0.2) is 20.2 Å². The molecule has 1 aliphatic rings. The van der Waals surface area contributed by atoms with E-state index in [2.05, 4.69) is 12.3 Å². The molecule has 0 unspecified atom stereocenters. The minimum absolute atomic E-state index is 0.0173. The first-order valence-electron chi connectivity index (χ1n) is 7.86. The summed E-state index contributed by atoms with van der Waals surface area (Å²) in [5.74, 6) is -0.252. The number of thioether (sulfide) groups is 1. The lowest BCUT2D eigenvalue weighted by Crippen LogP contribution is -2.33. The number of anilines is 1. The molecule has 0 radical (unpaired) electrons. The maximum atomic E-state index is 12.6. The molecule has 1 amide bonds. The van der Waals surface area contributed by atoms with Gasteiger partial charge >= 0.3 is 0 Å². The van der Waals surface area contributed by atoms with Crippen molar-refractivity contribution in [2.75, 3.05) is 5.43 Å². The van der Waals surface area contributed by atoms with Crippen molar-refractivity contribution < 1.29 is 9.72 Å². The predicted octanol–water partition coefficient (Wildman–Crippen LogP) is 4.39. The first-order chi connectivity index (χ1) is 12.5. The predicted molar refractivity (Wildman–Crippen MR) is 108 cm³/mol. The Bertz CT molecular complexity index is 893. The van der Waals surface area contributed by atoms with E-state index in [0.29, 0.717) is 14.9 Å². The molecule has 8 heteroatoms. The summed E-state index contributed by atoms with van der Waals surface area (Å²) in [5, 5.41) is 12.0. The van der Waals surface area contributed by atoms with Gasteiger partial charge in [0.25, 0.3) is 11.6 Å². The molecular weight excluding hydrogens is 370 g/mol. The second kappa shape index (κ2) is 7.67. The smallest absolute Gasteiger partial charge is 0.285 e. The van der Waals surface area contributed by atoms with Crippen molar-refractivity contribution in [2.24, 2.45) is 0 Å². The topological polar surface area (TPSA) is 75.5 Å². The molecule has 1 aliphatic heterocycles. The van der Waals surface area contributed by atoms with Gasteiger partial charge in [-0.3, -0.25) is 20.3 Å². The maximum Gasteiger partial charge on any atom is 0.285 e. The summed E-state index contributed by atoms with van der Waals surface area (Å²) in [4.78, 5) is 23.4. The number of thiocarbonyl (C=S) groups is 1. The fourth-order valence-electron chi connectivity index (χ4n) is 2.35. The molecule has 0 bridgehead atoms. The highest BCUT2D eigenvalue weighted by Crippen LogP contribution is 2.33. The number of nitrogens with one attached hydrogen (secondary N) is 1. The second-order valence-corrected chi connectivity index (χ2v) is 7.20. The molecule has 2 aromatic carbocycles. The van der Waals surface area contributed by atoms with Gasteiger partial charge < -0.3 is 0 Å². The highest BCUT2D eigenvalue weighted by atomic mass is 32.2. The third-order valence-corrected chi connectivity index (χ3v) is 5.10. The minimum atomic E-state index is -0.476. The van der Waals surface area contributed by atoms with E-state index in [4.69, 9.17) is 12.2 Å². The summed E-state index contributed by atoms with van der Waals surface area (Å²) in [6.45, 7) is 2.09. The van der Waals surface area contributed by atoms with Crippen LogP contribution in [-0.2, 0) is 11.2 Å². The molecular formula is C18H15N3O3S2. The number of hydrogen-bond donors (Lipinski definition) is 1. The lowest BCUT2D eigenvalue weighted by Gasteiger charge is -2.16. The van der Waals surface area contributed by atoms with Gasteiger partial charge in [-0.1, -0.05) is 43.0 Å². The van der Waals surface area contributed by atoms with Gasteiger partial charge in [0.2, 0.25) is 0 Å². The van der Waals surface area contributed by atoms with Gasteiger partial charge in [-0.05, 0) is 48.0 Å². The molecule has 0 aliphatic carbocycles. The summed E-state index contributed by atoms with van der Waals surface area (Å²) in [6, 6.07) is 13.8. The Kier molecular flexibility index (Phi) is 5.34. The first-order valence-corrected chi connectivity index (χ1v) is 9.08. The Morgan fingerprint density at radius 2 is 1.85 bits per heavy atom. The SMILES string of the molecule is CCc1ccc(/C=C2/SC(=S)N(Nc3ccc([N+](=O)[O-])cc3)C2=O)cc1. The van der Waals surface area contributed by atoms with Crippen LogP contribution in [0.2, 0.25) is 0 Å². The summed E-state index contributed by atoms with van der Waals surface area (Å²) < 4.78 is 0.379. The van der Waals surface area contributed by atoms with E-state index in [0.717, 1.165) is 12.0 Å². The van der Waals surface area contributed by atoms with E-state index in [1.807, 2.05) is 24.3 Å². The van der Waals surface area contributed by atoms with Crippen LogP contribution in [0.4, 0.5) is 11.4 Å². The molecule has 1 N–H and O–H groups in total. The number of nitro groups is 1. The number of aryl methyl sites for hydroxylation is 1. The van der Waals surface area contributed by atoms with Crippen molar-refractivity contribution in [3.63, 3.8) is 0 Å². The molecule has 26 heavy (non-hydrogen) atoms. The number of rotatable bonds is 5. The van der Waals surface area contributed by atoms with Crippen molar-refractivity contribution in [3.8, 4) is 0 Å². The van der Waals surface area contributed by atoms with Crippen LogP contribution < -0.4 is 5.43 Å². The Morgan fingerprint density at radius 1 is 1.19 bits per heavy atom. The minimum Gasteiger partial charge on any atom is -0.290 e. The molecule has 1 heterocycles. The average Bonchev–Trinajstić information content (AvgIpc) is 2.90.